The lowest BCUT2D eigenvalue weighted by molar-refractivity contribution is -0.147. The number of aryl methyl sites for hydroxylation is 1. The number of amides is 1. The van der Waals surface area contributed by atoms with Crippen LogP contribution in [0.25, 0.3) is 0 Å². The Hall–Kier alpha value is -1.35. The third-order valence-corrected chi connectivity index (χ3v) is 7.12. The molecule has 0 unspecified atom stereocenters. The van der Waals surface area contributed by atoms with Crippen LogP contribution < -0.4 is 5.32 Å². The van der Waals surface area contributed by atoms with E-state index in [-0.39, 0.29) is 16.7 Å². The van der Waals surface area contributed by atoms with Gasteiger partial charge < -0.3 is 10.4 Å². The highest BCUT2D eigenvalue weighted by Gasteiger charge is 2.67. The molecule has 0 spiro atoms. The topological polar surface area (TPSA) is 49.3 Å². The van der Waals surface area contributed by atoms with Crippen LogP contribution >= 0.6 is 0 Å². The van der Waals surface area contributed by atoms with Crippen LogP contribution in [0.5, 0.6) is 0 Å². The van der Waals surface area contributed by atoms with E-state index in [2.05, 4.69) is 38.2 Å². The van der Waals surface area contributed by atoms with Crippen LogP contribution in [0, 0.1) is 16.7 Å². The van der Waals surface area contributed by atoms with Crippen molar-refractivity contribution in [3.63, 3.8) is 0 Å². The lowest BCUT2D eigenvalue weighted by Gasteiger charge is -2.51. The van der Waals surface area contributed by atoms with Gasteiger partial charge in [-0.3, -0.25) is 4.79 Å². The second-order valence-corrected chi connectivity index (χ2v) is 8.67. The molecule has 0 saturated heterocycles. The highest BCUT2D eigenvalue weighted by molar-refractivity contribution is 5.76. The first kappa shape index (κ1) is 17.5. The van der Waals surface area contributed by atoms with Gasteiger partial charge in [0.25, 0.3) is 0 Å². The van der Waals surface area contributed by atoms with Crippen LogP contribution in [0.4, 0.5) is 0 Å². The van der Waals surface area contributed by atoms with Crippen molar-refractivity contribution in [2.75, 3.05) is 6.54 Å². The first-order chi connectivity index (χ1) is 11.3. The molecule has 2 aliphatic carbocycles. The molecule has 2 bridgehead atoms. The van der Waals surface area contributed by atoms with E-state index >= 15 is 0 Å². The third-order valence-electron chi connectivity index (χ3n) is 7.12. The van der Waals surface area contributed by atoms with Crippen LogP contribution in [0.1, 0.15) is 58.4 Å². The zero-order chi connectivity index (χ0) is 17.4. The number of carbonyl (C=O) groups is 1. The summed E-state index contributed by atoms with van der Waals surface area (Å²) in [5.41, 5.74) is 0.466. The van der Waals surface area contributed by atoms with Crippen molar-refractivity contribution in [2.24, 2.45) is 16.7 Å². The monoisotopic (exact) mass is 329 g/mol. The van der Waals surface area contributed by atoms with Gasteiger partial charge in [-0.25, -0.2) is 0 Å². The van der Waals surface area contributed by atoms with Gasteiger partial charge in [-0.2, -0.15) is 0 Å². The summed E-state index contributed by atoms with van der Waals surface area (Å²) in [5, 5.41) is 14.5. The van der Waals surface area contributed by atoms with E-state index in [0.29, 0.717) is 25.3 Å². The van der Waals surface area contributed by atoms with Gasteiger partial charge in [0.15, 0.2) is 0 Å². The molecule has 3 atom stereocenters. The van der Waals surface area contributed by atoms with Crippen molar-refractivity contribution >= 4 is 5.91 Å². The molecule has 1 amide bonds. The van der Waals surface area contributed by atoms with Crippen molar-refractivity contribution in [3.05, 3.63) is 35.9 Å². The number of aliphatic hydroxyl groups is 1. The Kier molecular flexibility index (Phi) is 4.50. The van der Waals surface area contributed by atoms with E-state index in [0.717, 1.165) is 19.3 Å². The number of benzene rings is 1. The van der Waals surface area contributed by atoms with Crippen LogP contribution in [0.3, 0.4) is 0 Å². The summed E-state index contributed by atoms with van der Waals surface area (Å²) in [6.07, 6.45) is 5.39. The van der Waals surface area contributed by atoms with Gasteiger partial charge in [-0.05, 0) is 54.4 Å². The molecule has 0 aliphatic heterocycles. The molecule has 2 aliphatic rings. The van der Waals surface area contributed by atoms with Crippen molar-refractivity contribution in [1.29, 1.82) is 0 Å². The fourth-order valence-electron chi connectivity index (χ4n) is 5.35. The highest BCUT2D eigenvalue weighted by atomic mass is 16.3. The summed E-state index contributed by atoms with van der Waals surface area (Å²) in [5.74, 6) is 0.690. The van der Waals surface area contributed by atoms with Crippen LogP contribution in [-0.2, 0) is 11.2 Å². The molecule has 0 radical (unpaired) electrons. The zero-order valence-electron chi connectivity index (χ0n) is 15.3. The molecule has 2 saturated carbocycles. The minimum Gasteiger partial charge on any atom is -0.389 e. The third kappa shape index (κ3) is 2.77. The van der Waals surface area contributed by atoms with Crippen LogP contribution in [0.15, 0.2) is 30.3 Å². The Morgan fingerprint density at radius 3 is 2.58 bits per heavy atom. The normalized spacial score (nSPS) is 33.6. The summed E-state index contributed by atoms with van der Waals surface area (Å²) in [6, 6.07) is 10.1. The van der Waals surface area contributed by atoms with Crippen molar-refractivity contribution in [3.8, 4) is 0 Å². The minimum absolute atomic E-state index is 0.00985. The summed E-state index contributed by atoms with van der Waals surface area (Å²) in [7, 11) is 0. The van der Waals surface area contributed by atoms with E-state index in [1.165, 1.54) is 12.0 Å². The Morgan fingerprint density at radius 1 is 1.25 bits per heavy atom. The van der Waals surface area contributed by atoms with E-state index in [9.17, 15) is 9.90 Å². The lowest BCUT2D eigenvalue weighted by Crippen LogP contribution is -2.55. The molecule has 132 valence electrons. The highest BCUT2D eigenvalue weighted by Crippen LogP contribution is 2.68. The lowest BCUT2D eigenvalue weighted by atomic mass is 9.59. The van der Waals surface area contributed by atoms with Crippen LogP contribution in [-0.4, -0.2) is 23.2 Å². The zero-order valence-corrected chi connectivity index (χ0v) is 15.3. The number of fused-ring (bicyclic) bond motifs is 2. The number of rotatable bonds is 6. The maximum Gasteiger partial charge on any atom is 0.220 e. The van der Waals surface area contributed by atoms with Gasteiger partial charge in [0.2, 0.25) is 5.91 Å². The number of hydrogen-bond acceptors (Lipinski definition) is 2. The standard InChI is InChI=1S/C21H31NO2/c1-19(2)17-11-12-20(3,15-17)21(19,24)13-14-22-18(23)10-9-16-7-5-4-6-8-16/h4-8,17,24H,9-15H2,1-3H3,(H,22,23)/t17-,20+,21-/m0/s1. The van der Waals surface area contributed by atoms with Gasteiger partial charge in [0, 0.05) is 13.0 Å². The first-order valence-corrected chi connectivity index (χ1v) is 9.31. The molecule has 3 rings (SSSR count). The quantitative estimate of drug-likeness (QED) is 0.836. The van der Waals surface area contributed by atoms with Crippen molar-refractivity contribution in [1.82, 2.24) is 5.32 Å². The predicted molar refractivity (Wildman–Crippen MR) is 96.6 cm³/mol. The van der Waals surface area contributed by atoms with Crippen molar-refractivity contribution in [2.45, 2.75) is 64.9 Å². The minimum atomic E-state index is -0.671. The largest absolute Gasteiger partial charge is 0.389 e. The van der Waals surface area contributed by atoms with Gasteiger partial charge in [-0.1, -0.05) is 51.1 Å². The fraction of sp³-hybridized carbons (Fsp3) is 0.667. The van der Waals surface area contributed by atoms with Crippen LogP contribution in [0.2, 0.25) is 0 Å². The SMILES string of the molecule is CC1(C)[C@H]2CC[C@](C)(C2)[C@]1(O)CCNC(=O)CCc1ccccc1. The second kappa shape index (κ2) is 6.18. The summed E-state index contributed by atoms with van der Waals surface area (Å²) in [6.45, 7) is 7.22. The Bertz CT molecular complexity index is 590. The maximum atomic E-state index is 12.1. The molecule has 0 heterocycles. The smallest absolute Gasteiger partial charge is 0.220 e. The summed E-state index contributed by atoms with van der Waals surface area (Å²) >= 11 is 0. The molecule has 24 heavy (non-hydrogen) atoms. The number of nitrogens with one attached hydrogen (secondary N) is 1. The molecule has 2 N–H and O–H groups in total. The molecule has 2 fully saturated rings. The van der Waals surface area contributed by atoms with E-state index in [1.807, 2.05) is 18.2 Å². The van der Waals surface area contributed by atoms with Gasteiger partial charge in [0.1, 0.15) is 0 Å². The molecule has 1 aromatic carbocycles. The average Bonchev–Trinajstić information content (AvgIpc) is 3.03. The van der Waals surface area contributed by atoms with E-state index in [4.69, 9.17) is 0 Å². The van der Waals surface area contributed by atoms with Gasteiger partial charge in [0.05, 0.1) is 5.60 Å². The molecular weight excluding hydrogens is 298 g/mol. The Labute approximate surface area is 145 Å². The number of carbonyl (C=O) groups excluding carboxylic acids is 1. The summed E-state index contributed by atoms with van der Waals surface area (Å²) < 4.78 is 0. The predicted octanol–water partition coefficient (Wildman–Crippen LogP) is 3.70. The number of hydrogen-bond donors (Lipinski definition) is 2. The van der Waals surface area contributed by atoms with E-state index in [1.54, 1.807) is 0 Å². The molecule has 3 heteroatoms. The molecular formula is C21H31NO2. The average molecular weight is 329 g/mol. The molecule has 0 aromatic heterocycles. The van der Waals surface area contributed by atoms with Crippen molar-refractivity contribution < 1.29 is 9.90 Å². The van der Waals surface area contributed by atoms with Gasteiger partial charge >= 0.3 is 0 Å². The second-order valence-electron chi connectivity index (χ2n) is 8.67. The molecule has 1 aromatic rings. The fourth-order valence-corrected chi connectivity index (χ4v) is 5.35. The van der Waals surface area contributed by atoms with Gasteiger partial charge in [-0.15, -0.1) is 0 Å². The maximum absolute atomic E-state index is 12.1. The first-order valence-electron chi connectivity index (χ1n) is 9.31. The van der Waals surface area contributed by atoms with E-state index < -0.39 is 5.60 Å². The Morgan fingerprint density at radius 2 is 1.96 bits per heavy atom. The molecule has 3 nitrogen and oxygen atoms in total. The Balaban J connectivity index is 1.50. The summed E-state index contributed by atoms with van der Waals surface area (Å²) in [4.78, 5) is 12.1.